The highest BCUT2D eigenvalue weighted by Crippen LogP contribution is 2.14. The van der Waals surface area contributed by atoms with Gasteiger partial charge in [-0.1, -0.05) is 97.3 Å². The molecular weight excluding hydrogens is 388 g/mol. The fourth-order valence-electron chi connectivity index (χ4n) is 3.79. The summed E-state index contributed by atoms with van der Waals surface area (Å²) in [4.78, 5) is 23.4. The van der Waals surface area contributed by atoms with Crippen LogP contribution in [-0.4, -0.2) is 36.1 Å². The molecule has 0 heterocycles. The Bertz CT molecular complexity index is 415. The van der Waals surface area contributed by atoms with E-state index in [1.807, 2.05) is 0 Å². The summed E-state index contributed by atoms with van der Waals surface area (Å²) in [6.07, 6.45) is 20.5. The van der Waals surface area contributed by atoms with Crippen molar-refractivity contribution in [3.63, 3.8) is 0 Å². The number of hydrogen-bond donors (Lipinski definition) is 3. The van der Waals surface area contributed by atoms with Crippen molar-refractivity contribution < 1.29 is 14.7 Å². The van der Waals surface area contributed by atoms with Gasteiger partial charge in [0.25, 0.3) is 0 Å². The summed E-state index contributed by atoms with van der Waals surface area (Å²) >= 11 is 0. The summed E-state index contributed by atoms with van der Waals surface area (Å²) in [5.74, 6) is 0.176. The van der Waals surface area contributed by atoms with E-state index < -0.39 is 0 Å². The lowest BCUT2D eigenvalue weighted by molar-refractivity contribution is -0.123. The molecule has 0 aromatic rings. The van der Waals surface area contributed by atoms with Crippen molar-refractivity contribution in [3.8, 4) is 0 Å². The molecule has 184 valence electrons. The topological polar surface area (TPSA) is 78.4 Å². The van der Waals surface area contributed by atoms with E-state index in [1.54, 1.807) is 0 Å². The lowest BCUT2D eigenvalue weighted by Gasteiger charge is -2.10. The highest BCUT2D eigenvalue weighted by molar-refractivity contribution is 5.77. The first-order valence-electron chi connectivity index (χ1n) is 13.3. The van der Waals surface area contributed by atoms with Gasteiger partial charge in [-0.15, -0.1) is 0 Å². The molecule has 5 heteroatoms. The van der Waals surface area contributed by atoms with Gasteiger partial charge >= 0.3 is 0 Å². The van der Waals surface area contributed by atoms with Gasteiger partial charge in [-0.3, -0.25) is 9.59 Å². The molecule has 1 atom stereocenters. The first-order chi connectivity index (χ1) is 15.1. The Hall–Kier alpha value is -1.10. The third-order valence-corrected chi connectivity index (χ3v) is 5.86. The monoisotopic (exact) mass is 440 g/mol. The van der Waals surface area contributed by atoms with Crippen molar-refractivity contribution in [2.45, 2.75) is 142 Å². The summed E-state index contributed by atoms with van der Waals surface area (Å²) < 4.78 is 0. The summed E-state index contributed by atoms with van der Waals surface area (Å²) in [7, 11) is 0. The zero-order valence-electron chi connectivity index (χ0n) is 20.7. The fourth-order valence-corrected chi connectivity index (χ4v) is 3.79. The van der Waals surface area contributed by atoms with E-state index in [9.17, 15) is 14.7 Å². The van der Waals surface area contributed by atoms with E-state index in [2.05, 4.69) is 24.5 Å². The average molecular weight is 441 g/mol. The largest absolute Gasteiger partial charge is 0.393 e. The Morgan fingerprint density at radius 2 is 0.935 bits per heavy atom. The lowest BCUT2D eigenvalue weighted by Crippen LogP contribution is -2.34. The van der Waals surface area contributed by atoms with E-state index >= 15 is 0 Å². The van der Waals surface area contributed by atoms with Gasteiger partial charge in [-0.25, -0.2) is 0 Å². The molecule has 3 N–H and O–H groups in total. The maximum Gasteiger partial charge on any atom is 0.220 e. The van der Waals surface area contributed by atoms with Crippen LogP contribution in [0.3, 0.4) is 0 Å². The Labute approximate surface area is 192 Å². The molecule has 2 amide bonds. The molecule has 5 nitrogen and oxygen atoms in total. The molecule has 0 aromatic heterocycles. The number of aliphatic hydroxyl groups is 1. The SMILES string of the molecule is CCCCCCC(O)CCCCCCCCCCC(=O)NCCNC(=O)CCCCC. The Kier molecular flexibility index (Phi) is 22.7. The van der Waals surface area contributed by atoms with Crippen molar-refractivity contribution in [1.29, 1.82) is 0 Å². The molecule has 0 radical (unpaired) electrons. The highest BCUT2D eigenvalue weighted by Gasteiger charge is 2.04. The lowest BCUT2D eigenvalue weighted by atomic mass is 10.0. The molecular formula is C26H52N2O3. The first kappa shape index (κ1) is 29.9. The number of hydrogen-bond acceptors (Lipinski definition) is 3. The maximum absolute atomic E-state index is 11.8. The molecule has 0 aliphatic carbocycles. The van der Waals surface area contributed by atoms with Gasteiger partial charge in [0.1, 0.15) is 0 Å². The number of aliphatic hydroxyl groups excluding tert-OH is 1. The molecule has 0 rings (SSSR count). The van der Waals surface area contributed by atoms with Crippen LogP contribution < -0.4 is 10.6 Å². The smallest absolute Gasteiger partial charge is 0.220 e. The van der Waals surface area contributed by atoms with Gasteiger partial charge in [0, 0.05) is 25.9 Å². The predicted molar refractivity (Wildman–Crippen MR) is 131 cm³/mol. The van der Waals surface area contributed by atoms with Crippen molar-refractivity contribution in [3.05, 3.63) is 0 Å². The van der Waals surface area contributed by atoms with Gasteiger partial charge in [-0.2, -0.15) is 0 Å². The van der Waals surface area contributed by atoms with E-state index in [-0.39, 0.29) is 17.9 Å². The Morgan fingerprint density at radius 1 is 0.581 bits per heavy atom. The second kappa shape index (κ2) is 23.6. The molecule has 0 spiro atoms. The zero-order chi connectivity index (χ0) is 23.0. The second-order valence-corrected chi connectivity index (χ2v) is 9.03. The van der Waals surface area contributed by atoms with E-state index in [0.717, 1.165) is 51.4 Å². The van der Waals surface area contributed by atoms with Crippen LogP contribution >= 0.6 is 0 Å². The third-order valence-electron chi connectivity index (χ3n) is 5.86. The van der Waals surface area contributed by atoms with Gasteiger partial charge in [0.2, 0.25) is 11.8 Å². The third kappa shape index (κ3) is 23.4. The molecule has 0 aliphatic heterocycles. The van der Waals surface area contributed by atoms with E-state index in [4.69, 9.17) is 0 Å². The molecule has 0 fully saturated rings. The highest BCUT2D eigenvalue weighted by atomic mass is 16.3. The Morgan fingerprint density at radius 3 is 1.42 bits per heavy atom. The van der Waals surface area contributed by atoms with Gasteiger partial charge < -0.3 is 15.7 Å². The van der Waals surface area contributed by atoms with Gasteiger partial charge in [-0.05, 0) is 25.7 Å². The van der Waals surface area contributed by atoms with Gasteiger partial charge in [0.15, 0.2) is 0 Å². The van der Waals surface area contributed by atoms with Crippen LogP contribution in [0.1, 0.15) is 136 Å². The van der Waals surface area contributed by atoms with Crippen LogP contribution in [0.15, 0.2) is 0 Å². The summed E-state index contributed by atoms with van der Waals surface area (Å²) in [6, 6.07) is 0. The van der Waals surface area contributed by atoms with Crippen LogP contribution in [-0.2, 0) is 9.59 Å². The standard InChI is InChI=1S/C26H52N2O3/c1-3-5-7-15-18-24(29)19-16-12-10-8-9-11-13-17-21-26(31)28-23-22-27-25(30)20-14-6-4-2/h24,29H,3-23H2,1-2H3,(H,27,30)(H,28,31). The van der Waals surface area contributed by atoms with Crippen LogP contribution in [0.4, 0.5) is 0 Å². The molecule has 0 saturated heterocycles. The molecule has 1 unspecified atom stereocenters. The van der Waals surface area contributed by atoms with Crippen molar-refractivity contribution >= 4 is 11.8 Å². The van der Waals surface area contributed by atoms with E-state index in [1.165, 1.54) is 57.8 Å². The van der Waals surface area contributed by atoms with Crippen molar-refractivity contribution in [2.24, 2.45) is 0 Å². The quantitative estimate of drug-likeness (QED) is 0.170. The minimum absolute atomic E-state index is 0.0845. The number of unbranched alkanes of at least 4 members (excludes halogenated alkanes) is 12. The normalized spacial score (nSPS) is 12.0. The minimum Gasteiger partial charge on any atom is -0.393 e. The number of carbonyl (C=O) groups excluding carboxylic acids is 2. The summed E-state index contributed by atoms with van der Waals surface area (Å²) in [6.45, 7) is 5.38. The number of amides is 2. The zero-order valence-corrected chi connectivity index (χ0v) is 20.7. The predicted octanol–water partition coefficient (Wildman–Crippen LogP) is 6.03. The van der Waals surface area contributed by atoms with Crippen LogP contribution in [0.25, 0.3) is 0 Å². The summed E-state index contributed by atoms with van der Waals surface area (Å²) in [5, 5.41) is 15.7. The molecule has 0 bridgehead atoms. The van der Waals surface area contributed by atoms with Crippen LogP contribution in [0.2, 0.25) is 0 Å². The van der Waals surface area contributed by atoms with Crippen LogP contribution in [0, 0.1) is 0 Å². The molecule has 0 aromatic carbocycles. The number of carbonyl (C=O) groups is 2. The number of rotatable bonds is 23. The molecule has 0 aliphatic rings. The molecule has 31 heavy (non-hydrogen) atoms. The molecule has 0 saturated carbocycles. The van der Waals surface area contributed by atoms with Crippen LogP contribution in [0.5, 0.6) is 0 Å². The number of nitrogens with one attached hydrogen (secondary N) is 2. The Balaban J connectivity index is 3.30. The van der Waals surface area contributed by atoms with Gasteiger partial charge in [0.05, 0.1) is 6.10 Å². The fraction of sp³-hybridized carbons (Fsp3) is 0.923. The first-order valence-corrected chi connectivity index (χ1v) is 13.3. The van der Waals surface area contributed by atoms with E-state index in [0.29, 0.717) is 25.9 Å². The minimum atomic E-state index is -0.0925. The van der Waals surface area contributed by atoms with Crippen molar-refractivity contribution in [2.75, 3.05) is 13.1 Å². The van der Waals surface area contributed by atoms with Crippen molar-refractivity contribution in [1.82, 2.24) is 10.6 Å². The average Bonchev–Trinajstić information content (AvgIpc) is 2.75. The second-order valence-electron chi connectivity index (χ2n) is 9.03. The maximum atomic E-state index is 11.8. The summed E-state index contributed by atoms with van der Waals surface area (Å²) in [5.41, 5.74) is 0.